The fourth-order valence-electron chi connectivity index (χ4n) is 6.91. The third kappa shape index (κ3) is 26.1. The predicted molar refractivity (Wildman–Crippen MR) is 280 cm³/mol. The van der Waals surface area contributed by atoms with E-state index in [1.807, 2.05) is 30.3 Å². The Hall–Kier alpha value is -7.20. The molecule has 0 saturated heterocycles. The summed E-state index contributed by atoms with van der Waals surface area (Å²) in [5.41, 5.74) is 2.60. The van der Waals surface area contributed by atoms with Gasteiger partial charge in [-0.3, -0.25) is 10.1 Å². The number of hydrogen-bond acceptors (Lipinski definition) is 7. The first kappa shape index (κ1) is 58.8. The second kappa shape index (κ2) is 39.0. The summed E-state index contributed by atoms with van der Waals surface area (Å²) in [5.74, 6) is 1.52. The van der Waals surface area contributed by atoms with Gasteiger partial charge in [0.05, 0.1) is 28.7 Å². The summed E-state index contributed by atoms with van der Waals surface area (Å²) in [4.78, 5) is 13.2. The van der Waals surface area contributed by atoms with Gasteiger partial charge >= 0.3 is 0 Å². The van der Waals surface area contributed by atoms with Crippen LogP contribution in [0, 0.1) is 50.7 Å². The first-order valence-corrected chi connectivity index (χ1v) is 23.9. The Balaban J connectivity index is 0.000000555. The highest BCUT2D eigenvalue weighted by Gasteiger charge is 2.16. The van der Waals surface area contributed by atoms with Gasteiger partial charge in [0.1, 0.15) is 35.0 Å². The van der Waals surface area contributed by atoms with E-state index in [9.17, 15) is 20.5 Å². The molecule has 0 aliphatic carbocycles. The molecule has 0 saturated carbocycles. The zero-order valence-electron chi connectivity index (χ0n) is 39.8. The first-order chi connectivity index (χ1) is 32.8. The topological polar surface area (TPSA) is 148 Å². The van der Waals surface area contributed by atoms with E-state index < -0.39 is 4.92 Å². The number of phenolic OH excluding ortho intramolecular Hbond substituents is 1. The molecule has 4 aromatic rings. The number of aryl methyl sites for hydroxylation is 2. The number of phenols is 1. The van der Waals surface area contributed by atoms with Gasteiger partial charge in [0.2, 0.25) is 5.69 Å². The van der Waals surface area contributed by atoms with Gasteiger partial charge in [0, 0.05) is 6.07 Å². The number of nitriles is 3. The number of rotatable bonds is 27. The maximum atomic E-state index is 10.4. The lowest BCUT2D eigenvalue weighted by atomic mass is 10.0. The van der Waals surface area contributed by atoms with E-state index in [-0.39, 0.29) is 29.9 Å². The molecule has 0 unspecified atom stereocenters. The van der Waals surface area contributed by atoms with Gasteiger partial charge in [-0.25, -0.2) is 4.85 Å². The normalized spacial score (nSPS) is 10.6. The van der Waals surface area contributed by atoms with Crippen LogP contribution in [0.25, 0.3) is 4.85 Å². The minimum Gasteiger partial charge on any atom is -0.508 e. The van der Waals surface area contributed by atoms with E-state index >= 15 is 0 Å². The van der Waals surface area contributed by atoms with E-state index in [2.05, 4.69) is 85.5 Å². The van der Waals surface area contributed by atoms with Crippen LogP contribution in [-0.2, 0) is 12.8 Å². The second-order valence-corrected chi connectivity index (χ2v) is 16.0. The van der Waals surface area contributed by atoms with Crippen molar-refractivity contribution in [3.8, 4) is 35.5 Å². The van der Waals surface area contributed by atoms with E-state index in [0.29, 0.717) is 22.8 Å². The lowest BCUT2D eigenvalue weighted by Gasteiger charge is -2.10. The summed E-state index contributed by atoms with van der Waals surface area (Å²) in [6.45, 7) is 11.8. The minimum absolute atomic E-state index is 0. The van der Waals surface area contributed by atoms with E-state index in [0.717, 1.165) is 25.7 Å². The monoisotopic (exact) mass is 916 g/mol. The van der Waals surface area contributed by atoms with Gasteiger partial charge in [0.25, 0.3) is 5.69 Å². The number of ether oxygens (including phenoxy) is 1. The van der Waals surface area contributed by atoms with Crippen molar-refractivity contribution in [1.82, 2.24) is 0 Å². The molecule has 0 amide bonds. The summed E-state index contributed by atoms with van der Waals surface area (Å²) in [5, 5.41) is 46.1. The van der Waals surface area contributed by atoms with Gasteiger partial charge in [-0.1, -0.05) is 164 Å². The highest BCUT2D eigenvalue weighted by Crippen LogP contribution is 2.35. The van der Waals surface area contributed by atoms with Crippen molar-refractivity contribution in [2.75, 3.05) is 0 Å². The van der Waals surface area contributed by atoms with Crippen molar-refractivity contribution in [3.63, 3.8) is 0 Å². The molecule has 9 heteroatoms. The third-order valence-corrected chi connectivity index (χ3v) is 10.5. The Morgan fingerprint density at radius 3 is 1.62 bits per heavy atom. The molecule has 4 aromatic carbocycles. The van der Waals surface area contributed by atoms with Gasteiger partial charge in [-0.05, 0) is 125 Å². The van der Waals surface area contributed by atoms with Gasteiger partial charge in [-0.15, -0.1) is 0 Å². The molecular formula is C59H73N5O4. The number of benzene rings is 4. The SMILES string of the molecule is C.CCC/C=C/C/C=C/CCCCCCCc1cccc(O)c1.N#Cc1cccc([N+](=O)[O-])c1C#N.[C-]#[N+]c1c(C#N)cccc1Oc1cccc(CCCCCCC/C=C/C/C=C/CCC)c1. The van der Waals surface area contributed by atoms with Gasteiger partial charge < -0.3 is 9.84 Å². The first-order valence-electron chi connectivity index (χ1n) is 23.9. The average Bonchev–Trinajstić information content (AvgIpc) is 3.34. The lowest BCUT2D eigenvalue weighted by molar-refractivity contribution is -0.385. The smallest absolute Gasteiger partial charge is 0.288 e. The van der Waals surface area contributed by atoms with Crippen LogP contribution in [0.4, 0.5) is 11.4 Å². The Kier molecular flexibility index (Phi) is 33.7. The maximum absolute atomic E-state index is 10.4. The molecule has 0 aromatic heterocycles. The molecule has 4 rings (SSSR count). The third-order valence-electron chi connectivity index (χ3n) is 10.5. The molecule has 0 aliphatic heterocycles. The molecule has 0 spiro atoms. The van der Waals surface area contributed by atoms with Gasteiger partial charge in [-0.2, -0.15) is 15.8 Å². The Morgan fingerprint density at radius 1 is 0.618 bits per heavy atom. The van der Waals surface area contributed by atoms with Crippen LogP contribution in [-0.4, -0.2) is 10.0 Å². The zero-order valence-corrected chi connectivity index (χ0v) is 39.8. The Labute approximate surface area is 408 Å². The van der Waals surface area contributed by atoms with Crippen LogP contribution in [0.15, 0.2) is 134 Å². The quantitative estimate of drug-likeness (QED) is 0.0206. The average molecular weight is 916 g/mol. The molecule has 68 heavy (non-hydrogen) atoms. The molecule has 0 fully saturated rings. The number of hydrogen-bond donors (Lipinski definition) is 1. The summed E-state index contributed by atoms with van der Waals surface area (Å²) in [6.07, 6.45) is 42.5. The van der Waals surface area contributed by atoms with Crippen molar-refractivity contribution >= 4 is 11.4 Å². The van der Waals surface area contributed by atoms with Crippen LogP contribution in [0.2, 0.25) is 0 Å². The van der Waals surface area contributed by atoms with Crippen molar-refractivity contribution in [2.45, 2.75) is 150 Å². The highest BCUT2D eigenvalue weighted by atomic mass is 16.6. The molecule has 0 heterocycles. The van der Waals surface area contributed by atoms with E-state index in [1.165, 1.54) is 132 Å². The van der Waals surface area contributed by atoms with Crippen molar-refractivity contribution in [1.29, 1.82) is 15.8 Å². The molecule has 0 aliphatic rings. The number of unbranched alkanes of at least 4 members (excludes halogenated alkanes) is 12. The second-order valence-electron chi connectivity index (χ2n) is 16.0. The molecule has 1 N–H and O–H groups in total. The molecule has 0 bridgehead atoms. The molecule has 0 atom stereocenters. The molecular weight excluding hydrogens is 843 g/mol. The fourth-order valence-corrected chi connectivity index (χ4v) is 6.91. The van der Waals surface area contributed by atoms with Gasteiger partial charge in [0.15, 0.2) is 0 Å². The van der Waals surface area contributed by atoms with Crippen LogP contribution in [0.5, 0.6) is 17.2 Å². The van der Waals surface area contributed by atoms with Crippen molar-refractivity contribution in [3.05, 3.63) is 183 Å². The van der Waals surface area contributed by atoms with Crippen molar-refractivity contribution < 1.29 is 14.8 Å². The van der Waals surface area contributed by atoms with E-state index in [4.69, 9.17) is 21.8 Å². The predicted octanol–water partition coefficient (Wildman–Crippen LogP) is 17.6. The summed E-state index contributed by atoms with van der Waals surface area (Å²) >= 11 is 0. The zero-order chi connectivity index (χ0) is 48.6. The highest BCUT2D eigenvalue weighted by molar-refractivity contribution is 5.68. The number of nitrogens with zero attached hydrogens (tertiary/aromatic N) is 5. The number of aromatic hydroxyl groups is 1. The van der Waals surface area contributed by atoms with Crippen LogP contribution < -0.4 is 4.74 Å². The van der Waals surface area contributed by atoms with Crippen LogP contribution >= 0.6 is 0 Å². The van der Waals surface area contributed by atoms with E-state index in [1.54, 1.807) is 36.4 Å². The van der Waals surface area contributed by atoms with Crippen LogP contribution in [0.1, 0.15) is 165 Å². The Morgan fingerprint density at radius 2 is 1.10 bits per heavy atom. The number of para-hydroxylation sites is 1. The number of nitro groups is 1. The number of nitro benzene ring substituents is 1. The standard InChI is InChI=1S/C29H34N2O.C21H32O.C8H3N3O2.CH4/c1-3-4-5-6-7-8-9-10-11-12-13-14-15-18-25-19-16-21-27(23-25)32-28-22-17-20-26(24-30)29(28)31-2;1-2-3-4-5-6-7-8-9-10-11-12-13-14-16-20-17-15-18-21(22)19-20;9-4-6-2-1-3-8(11(12)13)7(6)5-10;/h5-6,8-9,16-17,19-23H,3-4,7,10-15,18H2,1H3;4-5,7-8,15,17-19,22H,2-3,6,9-14,16H2,1H3;1-3H;1H4/b6-5+,9-8+;5-4+,8-7+;;. The van der Waals surface area contributed by atoms with Crippen LogP contribution in [0.3, 0.4) is 0 Å². The minimum atomic E-state index is -0.681. The lowest BCUT2D eigenvalue weighted by Crippen LogP contribution is -1.94. The number of allylic oxidation sites excluding steroid dienone is 8. The molecule has 0 radical (unpaired) electrons. The largest absolute Gasteiger partial charge is 0.508 e. The fraction of sp³-hybridized carbons (Fsp3) is 0.390. The Bertz CT molecular complexity index is 2330. The summed E-state index contributed by atoms with van der Waals surface area (Å²) in [7, 11) is 0. The summed E-state index contributed by atoms with van der Waals surface area (Å²) < 4.78 is 5.93. The summed E-state index contributed by atoms with van der Waals surface area (Å²) in [6, 6.07) is 30.1. The van der Waals surface area contributed by atoms with Crippen molar-refractivity contribution in [2.24, 2.45) is 0 Å². The molecule has 358 valence electrons. The molecule has 9 nitrogen and oxygen atoms in total. The maximum Gasteiger partial charge on any atom is 0.288 e.